The van der Waals surface area contributed by atoms with Crippen LogP contribution in [0.4, 0.5) is 0 Å². The third-order valence-corrected chi connectivity index (χ3v) is 6.38. The summed E-state index contributed by atoms with van der Waals surface area (Å²) >= 11 is 0. The number of sulfonamides is 1. The van der Waals surface area contributed by atoms with Crippen LogP contribution >= 0.6 is 0 Å². The van der Waals surface area contributed by atoms with E-state index < -0.39 is 15.6 Å². The molecule has 0 unspecified atom stereocenters. The maximum atomic E-state index is 12.7. The molecule has 5 nitrogen and oxygen atoms in total. The minimum Gasteiger partial charge on any atom is -0.457 e. The van der Waals surface area contributed by atoms with Gasteiger partial charge in [-0.05, 0) is 49.6 Å². The lowest BCUT2D eigenvalue weighted by molar-refractivity contribution is -0.123. The number of nitrogens with one attached hydrogen (secondary N) is 1. The van der Waals surface area contributed by atoms with Gasteiger partial charge in [0.15, 0.2) is 5.78 Å². The third-order valence-electron chi connectivity index (χ3n) is 4.97. The van der Waals surface area contributed by atoms with Crippen molar-refractivity contribution in [3.8, 4) is 11.5 Å². The van der Waals surface area contributed by atoms with Gasteiger partial charge in [-0.1, -0.05) is 49.6 Å². The maximum absolute atomic E-state index is 12.7. The molecule has 0 bridgehead atoms. The molecule has 1 fully saturated rings. The van der Waals surface area contributed by atoms with Crippen molar-refractivity contribution in [2.24, 2.45) is 0 Å². The van der Waals surface area contributed by atoms with Gasteiger partial charge >= 0.3 is 0 Å². The Bertz CT molecular complexity index is 887. The van der Waals surface area contributed by atoms with Gasteiger partial charge in [-0.2, -0.15) is 0 Å². The molecule has 1 N–H and O–H groups in total. The number of benzene rings is 2. The Kier molecular flexibility index (Phi) is 5.97. The fourth-order valence-electron chi connectivity index (χ4n) is 3.56. The van der Waals surface area contributed by atoms with Gasteiger partial charge < -0.3 is 4.74 Å². The Morgan fingerprint density at radius 3 is 2.33 bits per heavy atom. The average Bonchev–Trinajstić information content (AvgIpc) is 2.62. The van der Waals surface area contributed by atoms with Crippen LogP contribution in [0.5, 0.6) is 11.5 Å². The zero-order valence-electron chi connectivity index (χ0n) is 15.5. The first-order valence-corrected chi connectivity index (χ1v) is 10.9. The van der Waals surface area contributed by atoms with Crippen molar-refractivity contribution in [3.63, 3.8) is 0 Å². The second kappa shape index (κ2) is 8.23. The Morgan fingerprint density at radius 2 is 1.67 bits per heavy atom. The molecule has 0 aliphatic heterocycles. The fraction of sp³-hybridized carbons (Fsp3) is 0.381. The highest BCUT2D eigenvalue weighted by Crippen LogP contribution is 2.30. The molecule has 2 aromatic rings. The molecule has 0 radical (unpaired) electrons. The standard InChI is InChI=1S/C21H25NO4S/c1-17(23)21(13-6-3-7-14-21)22-27(24,25)16-18-9-8-12-20(15-18)26-19-10-4-2-5-11-19/h2,4-5,8-12,15,22H,3,6-7,13-14,16H2,1H3. The van der Waals surface area contributed by atoms with Crippen LogP contribution in [0.2, 0.25) is 0 Å². The molecule has 0 saturated heterocycles. The molecule has 1 saturated carbocycles. The molecule has 1 aliphatic rings. The number of carbonyl (C=O) groups excluding carboxylic acids is 1. The number of para-hydroxylation sites is 1. The Balaban J connectivity index is 1.73. The second-order valence-electron chi connectivity index (χ2n) is 7.12. The van der Waals surface area contributed by atoms with Gasteiger partial charge in [0.1, 0.15) is 11.5 Å². The van der Waals surface area contributed by atoms with Crippen molar-refractivity contribution < 1.29 is 17.9 Å². The summed E-state index contributed by atoms with van der Waals surface area (Å²) in [5.41, 5.74) is -0.333. The van der Waals surface area contributed by atoms with E-state index in [1.54, 1.807) is 24.3 Å². The predicted molar refractivity (Wildman–Crippen MR) is 105 cm³/mol. The summed E-state index contributed by atoms with van der Waals surface area (Å²) in [7, 11) is -3.65. The molecule has 1 aliphatic carbocycles. The van der Waals surface area contributed by atoms with Crippen LogP contribution in [0.3, 0.4) is 0 Å². The van der Waals surface area contributed by atoms with E-state index in [1.807, 2.05) is 30.3 Å². The molecule has 0 aromatic heterocycles. The van der Waals surface area contributed by atoms with E-state index in [-0.39, 0.29) is 11.5 Å². The molecule has 27 heavy (non-hydrogen) atoms. The molecular formula is C21H25NO4S. The van der Waals surface area contributed by atoms with E-state index >= 15 is 0 Å². The van der Waals surface area contributed by atoms with Crippen LogP contribution in [0.15, 0.2) is 54.6 Å². The Labute approximate surface area is 160 Å². The zero-order valence-corrected chi connectivity index (χ0v) is 16.3. The predicted octanol–water partition coefficient (Wildman–Crippen LogP) is 4.19. The molecule has 0 spiro atoms. The Hall–Kier alpha value is -2.18. The third kappa shape index (κ3) is 5.17. The fourth-order valence-corrected chi connectivity index (χ4v) is 5.19. The van der Waals surface area contributed by atoms with E-state index in [0.717, 1.165) is 19.3 Å². The molecule has 0 amide bonds. The minimum atomic E-state index is -3.65. The lowest BCUT2D eigenvalue weighted by atomic mass is 9.80. The lowest BCUT2D eigenvalue weighted by Gasteiger charge is -2.35. The number of rotatable bonds is 7. The highest BCUT2D eigenvalue weighted by molar-refractivity contribution is 7.88. The monoisotopic (exact) mass is 387 g/mol. The van der Waals surface area contributed by atoms with Crippen molar-refractivity contribution in [1.82, 2.24) is 4.72 Å². The molecule has 0 heterocycles. The highest BCUT2D eigenvalue weighted by atomic mass is 32.2. The normalized spacial score (nSPS) is 16.6. The zero-order chi connectivity index (χ0) is 19.3. The van der Waals surface area contributed by atoms with Crippen LogP contribution in [0.1, 0.15) is 44.6 Å². The van der Waals surface area contributed by atoms with Gasteiger partial charge in [0, 0.05) is 0 Å². The smallest absolute Gasteiger partial charge is 0.216 e. The molecule has 0 atom stereocenters. The van der Waals surface area contributed by atoms with E-state index in [9.17, 15) is 13.2 Å². The quantitative estimate of drug-likeness (QED) is 0.773. The second-order valence-corrected chi connectivity index (χ2v) is 8.84. The molecule has 3 rings (SSSR count). The van der Waals surface area contributed by atoms with Gasteiger partial charge in [-0.25, -0.2) is 13.1 Å². The van der Waals surface area contributed by atoms with E-state index in [2.05, 4.69) is 4.72 Å². The maximum Gasteiger partial charge on any atom is 0.216 e. The van der Waals surface area contributed by atoms with Crippen LogP contribution in [0, 0.1) is 0 Å². The SMILES string of the molecule is CC(=O)C1(NS(=O)(=O)Cc2cccc(Oc3ccccc3)c2)CCCCC1. The van der Waals surface area contributed by atoms with E-state index in [4.69, 9.17) is 4.74 Å². The summed E-state index contributed by atoms with van der Waals surface area (Å²) < 4.78 is 34.0. The summed E-state index contributed by atoms with van der Waals surface area (Å²) in [5.74, 6) is 0.974. The van der Waals surface area contributed by atoms with Crippen molar-refractivity contribution in [2.75, 3.05) is 0 Å². The van der Waals surface area contributed by atoms with Gasteiger partial charge in [0.05, 0.1) is 11.3 Å². The number of ketones is 1. The lowest BCUT2D eigenvalue weighted by Crippen LogP contribution is -2.54. The number of carbonyl (C=O) groups is 1. The molecular weight excluding hydrogens is 362 g/mol. The largest absolute Gasteiger partial charge is 0.457 e. The van der Waals surface area contributed by atoms with Crippen molar-refractivity contribution in [2.45, 2.75) is 50.3 Å². The van der Waals surface area contributed by atoms with Crippen molar-refractivity contribution in [3.05, 3.63) is 60.2 Å². The average molecular weight is 388 g/mol. The van der Waals surface area contributed by atoms with E-state index in [1.165, 1.54) is 6.92 Å². The molecule has 2 aromatic carbocycles. The van der Waals surface area contributed by atoms with Crippen LogP contribution in [-0.2, 0) is 20.6 Å². The summed E-state index contributed by atoms with van der Waals surface area (Å²) in [6.45, 7) is 1.47. The Morgan fingerprint density at radius 1 is 1.00 bits per heavy atom. The summed E-state index contributed by atoms with van der Waals surface area (Å²) in [6, 6.07) is 16.3. The van der Waals surface area contributed by atoms with Gasteiger partial charge in [0.2, 0.25) is 10.0 Å². The summed E-state index contributed by atoms with van der Waals surface area (Å²) in [6.07, 6.45) is 3.90. The molecule has 144 valence electrons. The van der Waals surface area contributed by atoms with Crippen LogP contribution < -0.4 is 9.46 Å². The first-order valence-electron chi connectivity index (χ1n) is 9.23. The van der Waals surface area contributed by atoms with Gasteiger partial charge in [0.25, 0.3) is 0 Å². The van der Waals surface area contributed by atoms with Crippen molar-refractivity contribution in [1.29, 1.82) is 0 Å². The van der Waals surface area contributed by atoms with Gasteiger partial charge in [-0.3, -0.25) is 4.79 Å². The summed E-state index contributed by atoms with van der Waals surface area (Å²) in [5, 5.41) is 0. The topological polar surface area (TPSA) is 72.5 Å². The highest BCUT2D eigenvalue weighted by Gasteiger charge is 2.40. The first kappa shape index (κ1) is 19.6. The number of hydrogen-bond donors (Lipinski definition) is 1. The van der Waals surface area contributed by atoms with Crippen molar-refractivity contribution >= 4 is 15.8 Å². The number of hydrogen-bond acceptors (Lipinski definition) is 4. The number of ether oxygens (including phenoxy) is 1. The number of Topliss-reactive ketones (excluding diaryl/α,β-unsaturated/α-hetero) is 1. The van der Waals surface area contributed by atoms with Gasteiger partial charge in [-0.15, -0.1) is 0 Å². The first-order chi connectivity index (χ1) is 12.9. The van der Waals surface area contributed by atoms with E-state index in [0.29, 0.717) is 29.9 Å². The minimum absolute atomic E-state index is 0.105. The summed E-state index contributed by atoms with van der Waals surface area (Å²) in [4.78, 5) is 12.2. The van der Waals surface area contributed by atoms with Crippen LogP contribution in [-0.4, -0.2) is 19.7 Å². The molecule has 6 heteroatoms. The van der Waals surface area contributed by atoms with Crippen LogP contribution in [0.25, 0.3) is 0 Å².